The molecule has 0 aliphatic rings. The Labute approximate surface area is 124 Å². The third-order valence-corrected chi connectivity index (χ3v) is 3.89. The molecule has 0 saturated carbocycles. The van der Waals surface area contributed by atoms with Crippen molar-refractivity contribution < 1.29 is 0 Å². The van der Waals surface area contributed by atoms with E-state index in [1.54, 1.807) is 11.3 Å². The molecular weight excluding hydrogens is 268 g/mol. The van der Waals surface area contributed by atoms with Gasteiger partial charge in [-0.05, 0) is 30.5 Å². The standard InChI is InChI=1S/C15H22N4S/c1-4-19(11-14-6-5-9-20-14)15-8-7-13(17-18-15)10-16-12(2)3/h5-9,12,16H,4,10-11H2,1-3H3. The van der Waals surface area contributed by atoms with Crippen molar-refractivity contribution >= 4 is 17.2 Å². The van der Waals surface area contributed by atoms with Crippen LogP contribution >= 0.6 is 11.3 Å². The molecule has 0 aromatic carbocycles. The summed E-state index contributed by atoms with van der Waals surface area (Å²) >= 11 is 1.78. The lowest BCUT2D eigenvalue weighted by Gasteiger charge is -2.20. The van der Waals surface area contributed by atoms with Crippen LogP contribution in [-0.4, -0.2) is 22.8 Å². The monoisotopic (exact) mass is 290 g/mol. The number of hydrogen-bond donors (Lipinski definition) is 1. The van der Waals surface area contributed by atoms with E-state index in [0.29, 0.717) is 6.04 Å². The van der Waals surface area contributed by atoms with Crippen LogP contribution in [-0.2, 0) is 13.1 Å². The fraction of sp³-hybridized carbons (Fsp3) is 0.467. The summed E-state index contributed by atoms with van der Waals surface area (Å²) in [5.41, 5.74) is 0.981. The molecule has 5 heteroatoms. The third-order valence-electron chi connectivity index (χ3n) is 3.03. The molecule has 20 heavy (non-hydrogen) atoms. The van der Waals surface area contributed by atoms with E-state index >= 15 is 0 Å². The van der Waals surface area contributed by atoms with Crippen LogP contribution in [0.3, 0.4) is 0 Å². The van der Waals surface area contributed by atoms with Crippen LogP contribution in [0.15, 0.2) is 29.6 Å². The summed E-state index contributed by atoms with van der Waals surface area (Å²) in [6.07, 6.45) is 0. The van der Waals surface area contributed by atoms with E-state index in [9.17, 15) is 0 Å². The number of nitrogens with zero attached hydrogens (tertiary/aromatic N) is 3. The molecule has 0 amide bonds. The molecule has 1 N–H and O–H groups in total. The molecule has 0 atom stereocenters. The molecule has 0 radical (unpaired) electrons. The van der Waals surface area contributed by atoms with Crippen molar-refractivity contribution in [3.63, 3.8) is 0 Å². The number of anilines is 1. The Morgan fingerprint density at radius 1 is 1.25 bits per heavy atom. The van der Waals surface area contributed by atoms with Gasteiger partial charge in [0.15, 0.2) is 5.82 Å². The first-order valence-corrected chi connectivity index (χ1v) is 7.90. The molecular formula is C15H22N4S. The summed E-state index contributed by atoms with van der Waals surface area (Å²) in [4.78, 5) is 3.58. The van der Waals surface area contributed by atoms with E-state index in [4.69, 9.17) is 0 Å². The van der Waals surface area contributed by atoms with Gasteiger partial charge in [0, 0.05) is 24.0 Å². The van der Waals surface area contributed by atoms with Crippen molar-refractivity contribution in [3.8, 4) is 0 Å². The lowest BCUT2D eigenvalue weighted by atomic mass is 10.3. The van der Waals surface area contributed by atoms with Gasteiger partial charge in [-0.2, -0.15) is 5.10 Å². The molecule has 4 nitrogen and oxygen atoms in total. The lowest BCUT2D eigenvalue weighted by Crippen LogP contribution is -2.24. The molecule has 0 spiro atoms. The number of nitrogens with one attached hydrogen (secondary N) is 1. The van der Waals surface area contributed by atoms with Gasteiger partial charge in [-0.15, -0.1) is 16.4 Å². The van der Waals surface area contributed by atoms with Gasteiger partial charge in [-0.1, -0.05) is 19.9 Å². The summed E-state index contributed by atoms with van der Waals surface area (Å²) in [5, 5.41) is 14.1. The van der Waals surface area contributed by atoms with Gasteiger partial charge in [0.05, 0.1) is 12.2 Å². The minimum Gasteiger partial charge on any atom is -0.350 e. The molecule has 2 aromatic heterocycles. The van der Waals surface area contributed by atoms with Crippen molar-refractivity contribution in [2.45, 2.75) is 39.9 Å². The highest BCUT2D eigenvalue weighted by Gasteiger charge is 2.08. The minimum atomic E-state index is 0.461. The van der Waals surface area contributed by atoms with Crippen molar-refractivity contribution in [1.29, 1.82) is 0 Å². The fourth-order valence-corrected chi connectivity index (χ4v) is 2.59. The Morgan fingerprint density at radius 2 is 2.10 bits per heavy atom. The minimum absolute atomic E-state index is 0.461. The van der Waals surface area contributed by atoms with Gasteiger partial charge in [0.1, 0.15) is 0 Å². The van der Waals surface area contributed by atoms with Crippen molar-refractivity contribution in [1.82, 2.24) is 15.5 Å². The smallest absolute Gasteiger partial charge is 0.151 e. The van der Waals surface area contributed by atoms with Gasteiger partial charge in [0.25, 0.3) is 0 Å². The second kappa shape index (κ2) is 7.36. The summed E-state index contributed by atoms with van der Waals surface area (Å²) in [7, 11) is 0. The number of rotatable bonds is 7. The Hall–Kier alpha value is -1.46. The summed E-state index contributed by atoms with van der Waals surface area (Å²) in [6.45, 7) is 8.98. The van der Waals surface area contributed by atoms with Crippen LogP contribution in [0, 0.1) is 0 Å². The maximum Gasteiger partial charge on any atom is 0.151 e. The van der Waals surface area contributed by atoms with Gasteiger partial charge in [-0.3, -0.25) is 0 Å². The first-order chi connectivity index (χ1) is 9.69. The zero-order chi connectivity index (χ0) is 14.4. The Kier molecular flexibility index (Phi) is 5.49. The Bertz CT molecular complexity index is 493. The van der Waals surface area contributed by atoms with Crippen LogP contribution in [0.4, 0.5) is 5.82 Å². The van der Waals surface area contributed by atoms with E-state index < -0.39 is 0 Å². The first kappa shape index (κ1) is 14.9. The van der Waals surface area contributed by atoms with E-state index in [2.05, 4.69) is 70.8 Å². The van der Waals surface area contributed by atoms with Crippen LogP contribution < -0.4 is 10.2 Å². The normalized spacial score (nSPS) is 11.0. The molecule has 0 aliphatic heterocycles. The molecule has 2 rings (SSSR count). The van der Waals surface area contributed by atoms with Crippen molar-refractivity contribution in [3.05, 3.63) is 40.2 Å². The second-order valence-electron chi connectivity index (χ2n) is 5.01. The highest BCUT2D eigenvalue weighted by atomic mass is 32.1. The van der Waals surface area contributed by atoms with Crippen molar-refractivity contribution in [2.24, 2.45) is 0 Å². The quantitative estimate of drug-likeness (QED) is 0.851. The molecule has 2 heterocycles. The highest BCUT2D eigenvalue weighted by molar-refractivity contribution is 7.09. The molecule has 0 aliphatic carbocycles. The Morgan fingerprint density at radius 3 is 2.65 bits per heavy atom. The molecule has 0 fully saturated rings. The summed E-state index contributed by atoms with van der Waals surface area (Å²) < 4.78 is 0. The Balaban J connectivity index is 1.99. The number of hydrogen-bond acceptors (Lipinski definition) is 5. The largest absolute Gasteiger partial charge is 0.350 e. The molecule has 0 bridgehead atoms. The highest BCUT2D eigenvalue weighted by Crippen LogP contribution is 2.16. The zero-order valence-electron chi connectivity index (χ0n) is 12.3. The molecule has 0 unspecified atom stereocenters. The van der Waals surface area contributed by atoms with E-state index in [-0.39, 0.29) is 0 Å². The van der Waals surface area contributed by atoms with Crippen LogP contribution in [0.25, 0.3) is 0 Å². The average Bonchev–Trinajstić information content (AvgIpc) is 2.96. The average molecular weight is 290 g/mol. The number of thiophene rings is 1. The molecule has 0 saturated heterocycles. The van der Waals surface area contributed by atoms with Gasteiger partial charge >= 0.3 is 0 Å². The lowest BCUT2D eigenvalue weighted by molar-refractivity contribution is 0.577. The van der Waals surface area contributed by atoms with Gasteiger partial charge < -0.3 is 10.2 Å². The van der Waals surface area contributed by atoms with E-state index in [1.165, 1.54) is 4.88 Å². The summed E-state index contributed by atoms with van der Waals surface area (Å²) in [5.74, 6) is 0.939. The van der Waals surface area contributed by atoms with Gasteiger partial charge in [0.2, 0.25) is 0 Å². The van der Waals surface area contributed by atoms with Gasteiger partial charge in [-0.25, -0.2) is 0 Å². The predicted octanol–water partition coefficient (Wildman–Crippen LogP) is 3.06. The topological polar surface area (TPSA) is 41.0 Å². The summed E-state index contributed by atoms with van der Waals surface area (Å²) in [6, 6.07) is 8.81. The number of aromatic nitrogens is 2. The fourth-order valence-electron chi connectivity index (χ4n) is 1.87. The zero-order valence-corrected chi connectivity index (χ0v) is 13.2. The van der Waals surface area contributed by atoms with Crippen molar-refractivity contribution in [2.75, 3.05) is 11.4 Å². The molecule has 108 valence electrons. The van der Waals surface area contributed by atoms with Crippen LogP contribution in [0.2, 0.25) is 0 Å². The van der Waals surface area contributed by atoms with Crippen LogP contribution in [0.5, 0.6) is 0 Å². The third kappa shape index (κ3) is 4.28. The maximum atomic E-state index is 4.35. The second-order valence-corrected chi connectivity index (χ2v) is 6.04. The van der Waals surface area contributed by atoms with E-state index in [1.807, 2.05) is 0 Å². The first-order valence-electron chi connectivity index (χ1n) is 7.02. The molecule has 2 aromatic rings. The van der Waals surface area contributed by atoms with E-state index in [0.717, 1.165) is 31.1 Å². The maximum absolute atomic E-state index is 4.35. The predicted molar refractivity (Wildman–Crippen MR) is 85.1 cm³/mol. The SMILES string of the molecule is CCN(Cc1cccs1)c1ccc(CNC(C)C)nn1. The van der Waals surface area contributed by atoms with Crippen LogP contribution in [0.1, 0.15) is 31.3 Å².